The summed E-state index contributed by atoms with van der Waals surface area (Å²) in [6.07, 6.45) is 0. The van der Waals surface area contributed by atoms with E-state index in [1.165, 1.54) is 18.2 Å². The molecule has 2 rings (SSSR count). The van der Waals surface area contributed by atoms with Crippen molar-refractivity contribution < 1.29 is 14.6 Å². The first-order valence-corrected chi connectivity index (χ1v) is 6.50. The molecule has 0 bridgehead atoms. The fourth-order valence-electron chi connectivity index (χ4n) is 1.79. The number of aromatic nitrogens is 2. The molecule has 0 aliphatic rings. The van der Waals surface area contributed by atoms with E-state index in [0.29, 0.717) is 17.1 Å². The molecule has 0 aliphatic carbocycles. The molecule has 0 saturated carbocycles. The van der Waals surface area contributed by atoms with E-state index in [1.807, 2.05) is 13.8 Å². The number of benzene rings is 1. The van der Waals surface area contributed by atoms with Crippen molar-refractivity contribution >= 4 is 5.97 Å². The minimum Gasteiger partial charge on any atom is -0.478 e. The fourth-order valence-corrected chi connectivity index (χ4v) is 1.79. The van der Waals surface area contributed by atoms with Gasteiger partial charge in [-0.3, -0.25) is 4.79 Å². The van der Waals surface area contributed by atoms with Crippen LogP contribution in [0.5, 0.6) is 11.6 Å². The largest absolute Gasteiger partial charge is 0.478 e. The Kier molecular flexibility index (Phi) is 4.07. The van der Waals surface area contributed by atoms with Gasteiger partial charge in [0.05, 0.1) is 11.6 Å². The third kappa shape index (κ3) is 3.47. The van der Waals surface area contributed by atoms with Crippen molar-refractivity contribution in [3.8, 4) is 11.6 Å². The van der Waals surface area contributed by atoms with Gasteiger partial charge < -0.3 is 14.8 Å². The molecule has 1 heterocycles. The van der Waals surface area contributed by atoms with Crippen LogP contribution in [0.3, 0.4) is 0 Å². The molecule has 0 spiro atoms. The Balaban J connectivity index is 2.34. The van der Waals surface area contributed by atoms with Crippen LogP contribution in [-0.4, -0.2) is 21.0 Å². The first kappa shape index (κ1) is 14.8. The van der Waals surface area contributed by atoms with E-state index >= 15 is 0 Å². The molecular formula is C15H16N2O4. The van der Waals surface area contributed by atoms with E-state index in [0.717, 1.165) is 0 Å². The molecule has 21 heavy (non-hydrogen) atoms. The van der Waals surface area contributed by atoms with Gasteiger partial charge in [0.1, 0.15) is 11.6 Å². The Morgan fingerprint density at radius 2 is 2.05 bits per heavy atom. The highest BCUT2D eigenvalue weighted by Crippen LogP contribution is 2.24. The van der Waals surface area contributed by atoms with Crippen LogP contribution in [0.25, 0.3) is 0 Å². The lowest BCUT2D eigenvalue weighted by Gasteiger charge is -2.10. The predicted octanol–water partition coefficient (Wildman–Crippen LogP) is 2.69. The number of carboxylic acid groups (broad SMARTS) is 1. The zero-order valence-electron chi connectivity index (χ0n) is 12.0. The van der Waals surface area contributed by atoms with E-state index in [4.69, 9.17) is 9.84 Å². The van der Waals surface area contributed by atoms with Crippen LogP contribution in [0.2, 0.25) is 0 Å². The maximum Gasteiger partial charge on any atom is 0.335 e. The predicted molar refractivity (Wildman–Crippen MR) is 77.2 cm³/mol. The summed E-state index contributed by atoms with van der Waals surface area (Å²) in [5.41, 5.74) is 0.549. The van der Waals surface area contributed by atoms with Gasteiger partial charge in [-0.05, 0) is 30.7 Å². The number of hydrogen-bond donors (Lipinski definition) is 2. The molecule has 0 fully saturated rings. The highest BCUT2D eigenvalue weighted by Gasteiger charge is 2.10. The van der Waals surface area contributed by atoms with Crippen LogP contribution in [0.1, 0.15) is 41.5 Å². The van der Waals surface area contributed by atoms with Gasteiger partial charge in [-0.1, -0.05) is 13.8 Å². The second-order valence-corrected chi connectivity index (χ2v) is 5.01. The van der Waals surface area contributed by atoms with Crippen molar-refractivity contribution in [3.05, 3.63) is 51.6 Å². The molecule has 2 N–H and O–H groups in total. The highest BCUT2D eigenvalue weighted by molar-refractivity contribution is 5.88. The summed E-state index contributed by atoms with van der Waals surface area (Å²) in [6.45, 7) is 5.56. The van der Waals surface area contributed by atoms with Gasteiger partial charge >= 0.3 is 5.97 Å². The quantitative estimate of drug-likeness (QED) is 0.902. The molecule has 0 unspecified atom stereocenters. The Labute approximate surface area is 121 Å². The van der Waals surface area contributed by atoms with Crippen LogP contribution >= 0.6 is 0 Å². The van der Waals surface area contributed by atoms with Crippen LogP contribution < -0.4 is 10.3 Å². The number of carboxylic acids is 1. The molecule has 6 heteroatoms. The summed E-state index contributed by atoms with van der Waals surface area (Å²) in [5, 5.41) is 8.93. The first-order chi connectivity index (χ1) is 9.86. The topological polar surface area (TPSA) is 92.3 Å². The van der Waals surface area contributed by atoms with Gasteiger partial charge in [0.25, 0.3) is 5.56 Å². The van der Waals surface area contributed by atoms with Crippen molar-refractivity contribution in [2.24, 2.45) is 0 Å². The van der Waals surface area contributed by atoms with Gasteiger partial charge in [-0.25, -0.2) is 4.79 Å². The zero-order chi connectivity index (χ0) is 15.6. The molecular weight excluding hydrogens is 272 g/mol. The molecule has 0 radical (unpaired) electrons. The number of hydrogen-bond acceptors (Lipinski definition) is 4. The van der Waals surface area contributed by atoms with Crippen molar-refractivity contribution in [2.45, 2.75) is 26.7 Å². The second kappa shape index (κ2) is 5.78. The van der Waals surface area contributed by atoms with Gasteiger partial charge in [0.15, 0.2) is 0 Å². The summed E-state index contributed by atoms with van der Waals surface area (Å²) >= 11 is 0. The Bertz CT molecular complexity index is 735. The Morgan fingerprint density at radius 3 is 2.62 bits per heavy atom. The molecule has 2 aromatic rings. The van der Waals surface area contributed by atoms with Crippen LogP contribution in [0.4, 0.5) is 0 Å². The second-order valence-electron chi connectivity index (χ2n) is 5.01. The van der Waals surface area contributed by atoms with Crippen molar-refractivity contribution in [2.75, 3.05) is 0 Å². The number of nitrogens with zero attached hydrogens (tertiary/aromatic N) is 1. The molecule has 0 saturated heterocycles. The lowest BCUT2D eigenvalue weighted by Crippen LogP contribution is -2.12. The maximum atomic E-state index is 11.6. The first-order valence-electron chi connectivity index (χ1n) is 6.50. The van der Waals surface area contributed by atoms with Gasteiger partial charge in [-0.2, -0.15) is 4.98 Å². The zero-order valence-corrected chi connectivity index (χ0v) is 12.0. The van der Waals surface area contributed by atoms with Crippen LogP contribution in [-0.2, 0) is 0 Å². The summed E-state index contributed by atoms with van der Waals surface area (Å²) in [4.78, 5) is 29.3. The third-order valence-electron chi connectivity index (χ3n) is 2.92. The number of aryl methyl sites for hydroxylation is 1. The van der Waals surface area contributed by atoms with E-state index in [2.05, 4.69) is 9.97 Å². The van der Waals surface area contributed by atoms with Crippen LogP contribution in [0, 0.1) is 6.92 Å². The summed E-state index contributed by atoms with van der Waals surface area (Å²) in [7, 11) is 0. The molecule has 6 nitrogen and oxygen atoms in total. The molecule has 1 aromatic carbocycles. The Hall–Kier alpha value is -2.63. The van der Waals surface area contributed by atoms with E-state index in [-0.39, 0.29) is 22.9 Å². The van der Waals surface area contributed by atoms with Gasteiger partial charge in [-0.15, -0.1) is 0 Å². The third-order valence-corrected chi connectivity index (χ3v) is 2.92. The fraction of sp³-hybridized carbons (Fsp3) is 0.267. The highest BCUT2D eigenvalue weighted by atomic mass is 16.5. The number of H-pyrrole nitrogens is 1. The molecule has 0 amide bonds. The molecule has 1 aromatic heterocycles. The summed E-state index contributed by atoms with van der Waals surface area (Å²) in [6, 6.07) is 5.77. The normalized spacial score (nSPS) is 10.7. The van der Waals surface area contributed by atoms with Crippen LogP contribution in [0.15, 0.2) is 29.1 Å². The lowest BCUT2D eigenvalue weighted by atomic mass is 10.1. The Morgan fingerprint density at radius 1 is 1.33 bits per heavy atom. The average Bonchev–Trinajstić information content (AvgIpc) is 2.40. The molecule has 0 aliphatic heterocycles. The molecule has 110 valence electrons. The standard InChI is InChI=1S/C15H16N2O4/c1-8(2)14-16-12(18)7-13(17-14)21-11-5-4-10(15(19)20)6-9(11)3/h4-8H,1-3H3,(H,19,20)(H,16,17,18). The van der Waals surface area contributed by atoms with Crippen molar-refractivity contribution in [3.63, 3.8) is 0 Å². The maximum absolute atomic E-state index is 11.6. The number of aromatic amines is 1. The van der Waals surface area contributed by atoms with E-state index in [9.17, 15) is 9.59 Å². The van der Waals surface area contributed by atoms with Crippen molar-refractivity contribution in [1.29, 1.82) is 0 Å². The number of aromatic carboxylic acids is 1. The van der Waals surface area contributed by atoms with E-state index < -0.39 is 5.97 Å². The van der Waals surface area contributed by atoms with E-state index in [1.54, 1.807) is 13.0 Å². The average molecular weight is 288 g/mol. The lowest BCUT2D eigenvalue weighted by molar-refractivity contribution is 0.0697. The minimum atomic E-state index is -0.999. The smallest absolute Gasteiger partial charge is 0.335 e. The number of carbonyl (C=O) groups is 1. The van der Waals surface area contributed by atoms with Gasteiger partial charge in [0.2, 0.25) is 5.88 Å². The van der Waals surface area contributed by atoms with Gasteiger partial charge in [0, 0.05) is 5.92 Å². The number of rotatable bonds is 4. The number of nitrogens with one attached hydrogen (secondary N) is 1. The minimum absolute atomic E-state index is 0.0664. The number of ether oxygens (including phenoxy) is 1. The monoisotopic (exact) mass is 288 g/mol. The SMILES string of the molecule is Cc1cc(C(=O)O)ccc1Oc1cc(=O)[nH]c(C(C)C)n1. The summed E-state index contributed by atoms with van der Waals surface area (Å²) < 4.78 is 5.59. The molecule has 0 atom stereocenters. The summed E-state index contributed by atoms with van der Waals surface area (Å²) in [5.74, 6) is 0.261. The van der Waals surface area contributed by atoms with Crippen molar-refractivity contribution in [1.82, 2.24) is 9.97 Å².